The summed E-state index contributed by atoms with van der Waals surface area (Å²) in [4.78, 5) is 14.6. The molecule has 4 rings (SSSR count). The van der Waals surface area contributed by atoms with E-state index in [1.54, 1.807) is 4.68 Å². The Morgan fingerprint density at radius 3 is 2.79 bits per heavy atom. The Kier molecular flexibility index (Phi) is 7.03. The van der Waals surface area contributed by atoms with Gasteiger partial charge in [0.15, 0.2) is 11.9 Å². The Morgan fingerprint density at radius 2 is 2.06 bits per heavy atom. The molecule has 3 heterocycles. The number of rotatable bonds is 7. The number of halogens is 6. The van der Waals surface area contributed by atoms with Crippen molar-refractivity contribution in [1.82, 2.24) is 20.0 Å². The van der Waals surface area contributed by atoms with Crippen LogP contribution >= 0.6 is 0 Å². The zero-order valence-electron chi connectivity index (χ0n) is 17.8. The van der Waals surface area contributed by atoms with Crippen LogP contribution in [0.4, 0.5) is 26.3 Å². The number of carbonyl (C=O) groups is 1. The summed E-state index contributed by atoms with van der Waals surface area (Å²) in [5, 5.41) is 6.68. The molecule has 2 aliphatic heterocycles. The number of fused-ring (bicyclic) bond motifs is 2. The molecule has 2 aliphatic rings. The van der Waals surface area contributed by atoms with Gasteiger partial charge in [-0.3, -0.25) is 14.4 Å². The number of amides is 1. The van der Waals surface area contributed by atoms with E-state index in [0.29, 0.717) is 37.9 Å². The van der Waals surface area contributed by atoms with Crippen molar-refractivity contribution in [2.24, 2.45) is 0 Å². The maximum absolute atomic E-state index is 15.0. The van der Waals surface area contributed by atoms with Gasteiger partial charge in [0.05, 0.1) is 30.5 Å². The fourth-order valence-electron chi connectivity index (χ4n) is 3.90. The minimum absolute atomic E-state index is 0.000996. The first-order valence-corrected chi connectivity index (χ1v) is 10.6. The number of aromatic nitrogens is 2. The lowest BCUT2D eigenvalue weighted by Crippen LogP contribution is -2.44. The van der Waals surface area contributed by atoms with Gasteiger partial charge < -0.3 is 14.8 Å². The number of carbonyl (C=O) groups excluding carboxylic acids is 1. The van der Waals surface area contributed by atoms with Gasteiger partial charge in [-0.2, -0.15) is 18.3 Å². The summed E-state index contributed by atoms with van der Waals surface area (Å²) >= 11 is 0. The lowest BCUT2D eigenvalue weighted by molar-refractivity contribution is -0.137. The van der Waals surface area contributed by atoms with Crippen molar-refractivity contribution >= 4 is 5.91 Å². The number of hydrogen-bond donors (Lipinski definition) is 1. The second kappa shape index (κ2) is 9.82. The monoisotopic (exact) mass is 492 g/mol. The summed E-state index contributed by atoms with van der Waals surface area (Å²) in [5.41, 5.74) is -0.536. The number of ether oxygens (including phenoxy) is 2. The minimum Gasteiger partial charge on any atom is -0.491 e. The van der Waals surface area contributed by atoms with Gasteiger partial charge in [-0.15, -0.1) is 0 Å². The lowest BCUT2D eigenvalue weighted by atomic mass is 9.98. The van der Waals surface area contributed by atoms with E-state index >= 15 is 4.39 Å². The van der Waals surface area contributed by atoms with Gasteiger partial charge in [-0.1, -0.05) is 0 Å². The molecule has 1 aromatic carbocycles. The average Bonchev–Trinajstić information content (AvgIpc) is 3.21. The van der Waals surface area contributed by atoms with Gasteiger partial charge in [-0.05, 0) is 24.3 Å². The van der Waals surface area contributed by atoms with Crippen molar-refractivity contribution in [3.63, 3.8) is 0 Å². The molecule has 34 heavy (non-hydrogen) atoms. The lowest BCUT2D eigenvalue weighted by Gasteiger charge is -2.29. The van der Waals surface area contributed by atoms with E-state index in [2.05, 4.69) is 10.4 Å². The van der Waals surface area contributed by atoms with Crippen LogP contribution in [-0.2, 0) is 24.0 Å². The standard InChI is InChI=1S/C21H22F6N4O3/c22-18(23)11-33-6-5-30-3-4-31-13(9-30)8-15(29-31)20(32)28-16-10-34-17-2-1-12(21(25,26)27)7-14(17)19(16)24/h1-2,7-8,16,18-19H,3-6,9-11H2,(H,28,32)/t16-,19?/m0/s1. The van der Waals surface area contributed by atoms with Crippen molar-refractivity contribution < 1.29 is 40.6 Å². The van der Waals surface area contributed by atoms with Crippen molar-refractivity contribution in [2.75, 3.05) is 32.9 Å². The molecule has 1 N–H and O–H groups in total. The zero-order valence-corrected chi connectivity index (χ0v) is 17.8. The molecule has 0 saturated heterocycles. The van der Waals surface area contributed by atoms with E-state index in [-0.39, 0.29) is 30.2 Å². The van der Waals surface area contributed by atoms with Crippen LogP contribution in [0.15, 0.2) is 24.3 Å². The Bertz CT molecular complexity index is 1030. The third kappa shape index (κ3) is 5.46. The highest BCUT2D eigenvalue weighted by Gasteiger charge is 2.37. The van der Waals surface area contributed by atoms with Gasteiger partial charge in [-0.25, -0.2) is 13.2 Å². The smallest absolute Gasteiger partial charge is 0.416 e. The SMILES string of the molecule is O=C(N[C@H]1COc2ccc(C(F)(F)F)cc2C1F)c1cc2n(n1)CCN(CCOCC(F)F)C2. The summed E-state index contributed by atoms with van der Waals surface area (Å²) < 4.78 is 90.1. The highest BCUT2D eigenvalue weighted by atomic mass is 19.4. The summed E-state index contributed by atoms with van der Waals surface area (Å²) in [5.74, 6) is -0.679. The number of benzene rings is 1. The predicted octanol–water partition coefficient (Wildman–Crippen LogP) is 3.20. The number of alkyl halides is 6. The van der Waals surface area contributed by atoms with E-state index in [4.69, 9.17) is 9.47 Å². The molecule has 1 aromatic heterocycles. The molecular formula is C21H22F6N4O3. The molecule has 186 valence electrons. The zero-order chi connectivity index (χ0) is 24.5. The van der Waals surface area contributed by atoms with Gasteiger partial charge in [0.25, 0.3) is 12.3 Å². The molecule has 13 heteroatoms. The third-order valence-electron chi connectivity index (χ3n) is 5.63. The molecule has 0 radical (unpaired) electrons. The largest absolute Gasteiger partial charge is 0.491 e. The third-order valence-corrected chi connectivity index (χ3v) is 5.63. The fraction of sp³-hybridized carbons (Fsp3) is 0.524. The molecule has 1 amide bonds. The van der Waals surface area contributed by atoms with Crippen LogP contribution in [0.3, 0.4) is 0 Å². The van der Waals surface area contributed by atoms with E-state index in [0.717, 1.165) is 12.1 Å². The first-order chi connectivity index (χ1) is 16.1. The van der Waals surface area contributed by atoms with Crippen molar-refractivity contribution in [2.45, 2.75) is 37.9 Å². The maximum Gasteiger partial charge on any atom is 0.416 e. The quantitative estimate of drug-likeness (QED) is 0.475. The van der Waals surface area contributed by atoms with Crippen LogP contribution in [0.25, 0.3) is 0 Å². The van der Waals surface area contributed by atoms with Gasteiger partial charge in [0, 0.05) is 25.2 Å². The molecule has 2 aromatic rings. The van der Waals surface area contributed by atoms with Crippen molar-refractivity contribution in [3.8, 4) is 5.75 Å². The van der Waals surface area contributed by atoms with Crippen LogP contribution < -0.4 is 10.1 Å². The fourth-order valence-corrected chi connectivity index (χ4v) is 3.90. The van der Waals surface area contributed by atoms with Gasteiger partial charge in [0.2, 0.25) is 0 Å². The highest BCUT2D eigenvalue weighted by molar-refractivity contribution is 5.92. The van der Waals surface area contributed by atoms with E-state index in [1.165, 1.54) is 6.07 Å². The van der Waals surface area contributed by atoms with Crippen LogP contribution in [0, 0.1) is 0 Å². The highest BCUT2D eigenvalue weighted by Crippen LogP contribution is 2.39. The normalized spacial score (nSPS) is 20.6. The second-order valence-corrected chi connectivity index (χ2v) is 8.03. The predicted molar refractivity (Wildman–Crippen MR) is 106 cm³/mol. The number of hydrogen-bond acceptors (Lipinski definition) is 5. The molecule has 0 bridgehead atoms. The molecular weight excluding hydrogens is 470 g/mol. The molecule has 0 fully saturated rings. The Balaban J connectivity index is 1.37. The van der Waals surface area contributed by atoms with E-state index in [9.17, 15) is 26.7 Å². The van der Waals surface area contributed by atoms with Crippen LogP contribution in [0.5, 0.6) is 5.75 Å². The summed E-state index contributed by atoms with van der Waals surface area (Å²) in [6.45, 7) is 1.16. The average molecular weight is 492 g/mol. The maximum atomic E-state index is 15.0. The molecule has 0 spiro atoms. The second-order valence-electron chi connectivity index (χ2n) is 8.03. The Labute approximate surface area is 190 Å². The molecule has 0 saturated carbocycles. The Hall–Kier alpha value is -2.80. The molecule has 0 aliphatic carbocycles. The summed E-state index contributed by atoms with van der Waals surface area (Å²) in [6, 6.07) is 2.91. The Morgan fingerprint density at radius 1 is 1.26 bits per heavy atom. The first kappa shape index (κ1) is 24.3. The van der Waals surface area contributed by atoms with Gasteiger partial charge >= 0.3 is 6.18 Å². The topological polar surface area (TPSA) is 68.6 Å². The molecule has 2 atom stereocenters. The number of nitrogens with one attached hydrogen (secondary N) is 1. The van der Waals surface area contributed by atoms with Crippen LogP contribution in [0.2, 0.25) is 0 Å². The van der Waals surface area contributed by atoms with E-state index in [1.807, 2.05) is 4.90 Å². The summed E-state index contributed by atoms with van der Waals surface area (Å²) in [6.07, 6.45) is -9.05. The van der Waals surface area contributed by atoms with Crippen LogP contribution in [-0.4, -0.2) is 66.0 Å². The summed E-state index contributed by atoms with van der Waals surface area (Å²) in [7, 11) is 0. The first-order valence-electron chi connectivity index (χ1n) is 10.6. The number of nitrogens with zero attached hydrogens (tertiary/aromatic N) is 3. The van der Waals surface area contributed by atoms with Gasteiger partial charge in [0.1, 0.15) is 19.0 Å². The van der Waals surface area contributed by atoms with Crippen LogP contribution in [0.1, 0.15) is 33.5 Å². The van der Waals surface area contributed by atoms with Crippen molar-refractivity contribution in [1.29, 1.82) is 0 Å². The van der Waals surface area contributed by atoms with Crippen molar-refractivity contribution in [3.05, 3.63) is 46.8 Å². The minimum atomic E-state index is -4.64. The van der Waals surface area contributed by atoms with E-state index < -0.39 is 42.9 Å². The molecule has 7 nitrogen and oxygen atoms in total. The molecule has 1 unspecified atom stereocenters.